The molecule has 0 aliphatic rings. The number of nitriles is 1. The molecule has 0 aromatic heterocycles. The highest BCUT2D eigenvalue weighted by molar-refractivity contribution is 5.97. The van der Waals surface area contributed by atoms with Crippen LogP contribution in [0.2, 0.25) is 0 Å². The smallest absolute Gasteiger partial charge is 0.176 e. The van der Waals surface area contributed by atoms with Crippen LogP contribution in [0.5, 0.6) is 0 Å². The molecule has 0 saturated carbocycles. The standard InChI is InChI=1S/C14H17FN2O/c1-11(2)17(9-3-8-16)10-14(18)12-4-6-13(15)7-5-12/h4-7,11H,3,9-10H2,1-2H3. The van der Waals surface area contributed by atoms with Crippen molar-refractivity contribution >= 4 is 5.78 Å². The van der Waals surface area contributed by atoms with Gasteiger partial charge < -0.3 is 0 Å². The van der Waals surface area contributed by atoms with E-state index in [0.29, 0.717) is 18.5 Å². The lowest BCUT2D eigenvalue weighted by atomic mass is 10.1. The zero-order valence-corrected chi connectivity index (χ0v) is 10.7. The Morgan fingerprint density at radius 2 is 2.00 bits per heavy atom. The fourth-order valence-corrected chi connectivity index (χ4v) is 1.62. The molecule has 0 unspecified atom stereocenters. The largest absolute Gasteiger partial charge is 0.293 e. The number of hydrogen-bond donors (Lipinski definition) is 0. The summed E-state index contributed by atoms with van der Waals surface area (Å²) in [6, 6.07) is 7.80. The van der Waals surface area contributed by atoms with Crippen LogP contribution in [0.25, 0.3) is 0 Å². The molecular formula is C14H17FN2O. The molecule has 0 spiro atoms. The van der Waals surface area contributed by atoms with Gasteiger partial charge in [-0.05, 0) is 38.1 Å². The third-order valence-electron chi connectivity index (χ3n) is 2.75. The summed E-state index contributed by atoms with van der Waals surface area (Å²) >= 11 is 0. The molecule has 1 aromatic rings. The zero-order valence-electron chi connectivity index (χ0n) is 10.7. The summed E-state index contributed by atoms with van der Waals surface area (Å²) in [6.45, 7) is 4.79. The van der Waals surface area contributed by atoms with Gasteiger partial charge >= 0.3 is 0 Å². The lowest BCUT2D eigenvalue weighted by Gasteiger charge is -2.24. The van der Waals surface area contributed by atoms with E-state index in [1.165, 1.54) is 24.3 Å². The van der Waals surface area contributed by atoms with Gasteiger partial charge in [-0.2, -0.15) is 5.26 Å². The molecule has 0 heterocycles. The van der Waals surface area contributed by atoms with Crippen molar-refractivity contribution in [2.75, 3.05) is 13.1 Å². The second-order valence-corrected chi connectivity index (χ2v) is 4.40. The average molecular weight is 248 g/mol. The topological polar surface area (TPSA) is 44.1 Å². The molecule has 18 heavy (non-hydrogen) atoms. The van der Waals surface area contributed by atoms with Gasteiger partial charge in [0, 0.05) is 24.6 Å². The summed E-state index contributed by atoms with van der Waals surface area (Å²) in [7, 11) is 0. The Kier molecular flexibility index (Phi) is 5.47. The number of rotatable bonds is 6. The summed E-state index contributed by atoms with van der Waals surface area (Å²) < 4.78 is 12.7. The number of benzene rings is 1. The second kappa shape index (κ2) is 6.87. The van der Waals surface area contributed by atoms with Crippen molar-refractivity contribution in [3.05, 3.63) is 35.6 Å². The van der Waals surface area contributed by atoms with Gasteiger partial charge in [-0.1, -0.05) is 0 Å². The van der Waals surface area contributed by atoms with Gasteiger partial charge in [-0.15, -0.1) is 0 Å². The predicted molar refractivity (Wildman–Crippen MR) is 67.7 cm³/mol. The van der Waals surface area contributed by atoms with Gasteiger partial charge in [0.25, 0.3) is 0 Å². The van der Waals surface area contributed by atoms with Gasteiger partial charge in [-0.25, -0.2) is 4.39 Å². The molecule has 0 aliphatic carbocycles. The number of nitrogens with zero attached hydrogens (tertiary/aromatic N) is 2. The lowest BCUT2D eigenvalue weighted by Crippen LogP contribution is -2.36. The summed E-state index contributed by atoms with van der Waals surface area (Å²) in [5.74, 6) is -0.404. The summed E-state index contributed by atoms with van der Waals surface area (Å²) in [5.41, 5.74) is 0.499. The van der Waals surface area contributed by atoms with Gasteiger partial charge in [-0.3, -0.25) is 9.69 Å². The molecule has 0 amide bonds. The van der Waals surface area contributed by atoms with Gasteiger partial charge in [0.15, 0.2) is 5.78 Å². The Hall–Kier alpha value is -1.73. The van der Waals surface area contributed by atoms with Crippen LogP contribution < -0.4 is 0 Å². The van der Waals surface area contributed by atoms with E-state index in [0.717, 1.165) is 0 Å². The van der Waals surface area contributed by atoms with Crippen LogP contribution in [-0.4, -0.2) is 29.8 Å². The number of carbonyl (C=O) groups is 1. The monoisotopic (exact) mass is 248 g/mol. The predicted octanol–water partition coefficient (Wildman–Crippen LogP) is 2.63. The minimum absolute atomic E-state index is 0.0540. The molecule has 4 heteroatoms. The fraction of sp³-hybridized carbons (Fsp3) is 0.429. The van der Waals surface area contributed by atoms with Crippen molar-refractivity contribution in [1.82, 2.24) is 4.90 Å². The highest BCUT2D eigenvalue weighted by Crippen LogP contribution is 2.07. The maximum absolute atomic E-state index is 12.7. The first-order chi connectivity index (χ1) is 8.54. The quantitative estimate of drug-likeness (QED) is 0.727. The number of halogens is 1. The lowest BCUT2D eigenvalue weighted by molar-refractivity contribution is 0.0908. The highest BCUT2D eigenvalue weighted by Gasteiger charge is 2.15. The number of carbonyl (C=O) groups excluding carboxylic acids is 1. The maximum Gasteiger partial charge on any atom is 0.176 e. The number of Topliss-reactive ketones (excluding diaryl/α,β-unsaturated/α-hetero) is 1. The van der Waals surface area contributed by atoms with E-state index in [1.54, 1.807) is 0 Å². The Labute approximate surface area is 107 Å². The maximum atomic E-state index is 12.7. The van der Waals surface area contributed by atoms with Crippen LogP contribution in [0.4, 0.5) is 4.39 Å². The third-order valence-corrected chi connectivity index (χ3v) is 2.75. The Balaban J connectivity index is 2.66. The first-order valence-electron chi connectivity index (χ1n) is 5.94. The van der Waals surface area contributed by atoms with E-state index in [4.69, 9.17) is 5.26 Å². The Bertz CT molecular complexity index is 434. The van der Waals surface area contributed by atoms with Gasteiger partial charge in [0.05, 0.1) is 12.6 Å². The summed E-state index contributed by atoms with van der Waals surface area (Å²) in [6.07, 6.45) is 0.398. The normalized spacial score (nSPS) is 10.7. The van der Waals surface area contributed by atoms with E-state index < -0.39 is 0 Å². The SMILES string of the molecule is CC(C)N(CCC#N)CC(=O)c1ccc(F)cc1. The first-order valence-corrected chi connectivity index (χ1v) is 5.94. The van der Waals surface area contributed by atoms with Crippen molar-refractivity contribution in [2.45, 2.75) is 26.3 Å². The van der Waals surface area contributed by atoms with Crippen LogP contribution in [0.3, 0.4) is 0 Å². The van der Waals surface area contributed by atoms with E-state index >= 15 is 0 Å². The van der Waals surface area contributed by atoms with E-state index in [1.807, 2.05) is 18.7 Å². The van der Waals surface area contributed by atoms with Gasteiger partial charge in [0.1, 0.15) is 5.82 Å². The molecule has 1 aromatic carbocycles. The van der Waals surface area contributed by atoms with Crippen LogP contribution in [0.1, 0.15) is 30.6 Å². The molecule has 96 valence electrons. The van der Waals surface area contributed by atoms with Crippen molar-refractivity contribution in [3.8, 4) is 6.07 Å². The van der Waals surface area contributed by atoms with Crippen molar-refractivity contribution in [3.63, 3.8) is 0 Å². The first kappa shape index (κ1) is 14.3. The Morgan fingerprint density at radius 1 is 1.39 bits per heavy atom. The minimum atomic E-state index is -0.350. The molecule has 0 fully saturated rings. The average Bonchev–Trinajstić information content (AvgIpc) is 2.34. The molecule has 0 bridgehead atoms. The molecule has 1 rings (SSSR count). The molecule has 0 radical (unpaired) electrons. The van der Waals surface area contributed by atoms with Crippen LogP contribution in [0.15, 0.2) is 24.3 Å². The molecule has 3 nitrogen and oxygen atoms in total. The number of hydrogen-bond acceptors (Lipinski definition) is 3. The Morgan fingerprint density at radius 3 is 2.50 bits per heavy atom. The van der Waals surface area contributed by atoms with Gasteiger partial charge in [0.2, 0.25) is 0 Å². The molecular weight excluding hydrogens is 231 g/mol. The molecule has 0 saturated heterocycles. The third kappa shape index (κ3) is 4.27. The second-order valence-electron chi connectivity index (χ2n) is 4.40. The highest BCUT2D eigenvalue weighted by atomic mass is 19.1. The zero-order chi connectivity index (χ0) is 13.5. The number of ketones is 1. The van der Waals surface area contributed by atoms with Crippen LogP contribution >= 0.6 is 0 Å². The van der Waals surface area contributed by atoms with E-state index in [2.05, 4.69) is 6.07 Å². The van der Waals surface area contributed by atoms with E-state index in [-0.39, 0.29) is 24.2 Å². The molecule has 0 N–H and O–H groups in total. The van der Waals surface area contributed by atoms with Crippen LogP contribution in [0, 0.1) is 17.1 Å². The molecule has 0 atom stereocenters. The van der Waals surface area contributed by atoms with Crippen molar-refractivity contribution < 1.29 is 9.18 Å². The molecule has 0 aliphatic heterocycles. The minimum Gasteiger partial charge on any atom is -0.293 e. The van der Waals surface area contributed by atoms with Crippen LogP contribution in [-0.2, 0) is 0 Å². The van der Waals surface area contributed by atoms with E-state index in [9.17, 15) is 9.18 Å². The van der Waals surface area contributed by atoms with Crippen molar-refractivity contribution in [2.24, 2.45) is 0 Å². The fourth-order valence-electron chi connectivity index (χ4n) is 1.62. The summed E-state index contributed by atoms with van der Waals surface area (Å²) in [5, 5.41) is 8.58. The summed E-state index contributed by atoms with van der Waals surface area (Å²) in [4.78, 5) is 13.9. The van der Waals surface area contributed by atoms with Crippen molar-refractivity contribution in [1.29, 1.82) is 5.26 Å².